The summed E-state index contributed by atoms with van der Waals surface area (Å²) in [7, 11) is 1.56. The van der Waals surface area contributed by atoms with E-state index >= 15 is 0 Å². The van der Waals surface area contributed by atoms with Crippen LogP contribution in [0.15, 0.2) is 30.3 Å². The molecule has 0 fully saturated rings. The highest BCUT2D eigenvalue weighted by atomic mass is 16.5. The van der Waals surface area contributed by atoms with E-state index < -0.39 is 0 Å². The summed E-state index contributed by atoms with van der Waals surface area (Å²) in [6, 6.07) is 9.18. The van der Waals surface area contributed by atoms with Gasteiger partial charge in [-0.25, -0.2) is 0 Å². The summed E-state index contributed by atoms with van der Waals surface area (Å²) in [4.78, 5) is 8.27. The van der Waals surface area contributed by atoms with Gasteiger partial charge in [0.1, 0.15) is 11.6 Å². The van der Waals surface area contributed by atoms with Crippen LogP contribution in [0.2, 0.25) is 0 Å². The molecule has 18 heavy (non-hydrogen) atoms. The monoisotopic (exact) mass is 245 g/mol. The lowest BCUT2D eigenvalue weighted by Gasteiger charge is -2.07. The van der Waals surface area contributed by atoms with Crippen molar-refractivity contribution in [2.45, 2.75) is 13.5 Å². The fraction of sp³-hybridized carbons (Fsp3) is 0.231. The van der Waals surface area contributed by atoms with Crippen LogP contribution in [0.25, 0.3) is 0 Å². The number of rotatable bonds is 4. The van der Waals surface area contributed by atoms with Crippen molar-refractivity contribution in [1.82, 2.24) is 9.97 Å². The quantitative estimate of drug-likeness (QED) is 0.892. The third-order valence-electron chi connectivity index (χ3n) is 2.38. The molecule has 5 heteroatoms. The third-order valence-corrected chi connectivity index (χ3v) is 2.38. The number of ether oxygens (including phenoxy) is 2. The van der Waals surface area contributed by atoms with Crippen LogP contribution >= 0.6 is 0 Å². The summed E-state index contributed by atoms with van der Waals surface area (Å²) in [6.07, 6.45) is 0. The maximum Gasteiger partial charge on any atom is 0.226 e. The predicted molar refractivity (Wildman–Crippen MR) is 67.7 cm³/mol. The number of benzene rings is 1. The Labute approximate surface area is 106 Å². The predicted octanol–water partition coefficient (Wildman–Crippen LogP) is 2.04. The lowest BCUT2D eigenvalue weighted by Crippen LogP contribution is -1.97. The van der Waals surface area contributed by atoms with Crippen molar-refractivity contribution in [3.05, 3.63) is 41.7 Å². The molecule has 0 unspecified atom stereocenters. The Morgan fingerprint density at radius 3 is 2.39 bits per heavy atom. The lowest BCUT2D eigenvalue weighted by atomic mass is 10.2. The minimum Gasteiger partial charge on any atom is -0.481 e. The smallest absolute Gasteiger partial charge is 0.226 e. The van der Waals surface area contributed by atoms with Crippen LogP contribution < -0.4 is 15.2 Å². The van der Waals surface area contributed by atoms with Gasteiger partial charge in [0.2, 0.25) is 11.8 Å². The molecule has 0 aliphatic carbocycles. The van der Waals surface area contributed by atoms with Crippen molar-refractivity contribution in [3.8, 4) is 17.5 Å². The summed E-state index contributed by atoms with van der Waals surface area (Å²) >= 11 is 0. The molecule has 1 aromatic carbocycles. The highest BCUT2D eigenvalue weighted by Gasteiger charge is 2.04. The maximum absolute atomic E-state index is 5.63. The van der Waals surface area contributed by atoms with Crippen molar-refractivity contribution in [1.29, 1.82) is 0 Å². The van der Waals surface area contributed by atoms with Gasteiger partial charge in [0, 0.05) is 6.54 Å². The van der Waals surface area contributed by atoms with E-state index in [0.29, 0.717) is 29.9 Å². The molecule has 94 valence electrons. The molecular weight excluding hydrogens is 230 g/mol. The normalized spacial score (nSPS) is 10.2. The molecule has 0 spiro atoms. The molecular formula is C13H15N3O2. The van der Waals surface area contributed by atoms with Gasteiger partial charge < -0.3 is 15.2 Å². The molecule has 2 rings (SSSR count). The van der Waals surface area contributed by atoms with Gasteiger partial charge in [-0.3, -0.25) is 0 Å². The molecule has 0 aliphatic heterocycles. The second kappa shape index (κ2) is 5.46. The minimum absolute atomic E-state index is 0.458. The molecule has 0 atom stereocenters. The molecule has 2 N–H and O–H groups in total. The highest BCUT2D eigenvalue weighted by Crippen LogP contribution is 2.22. The summed E-state index contributed by atoms with van der Waals surface area (Å²) in [6.45, 7) is 2.30. The van der Waals surface area contributed by atoms with Crippen molar-refractivity contribution >= 4 is 0 Å². The summed E-state index contributed by atoms with van der Waals surface area (Å²) in [5, 5.41) is 0. The Morgan fingerprint density at radius 1 is 1.11 bits per heavy atom. The second-order valence-electron chi connectivity index (χ2n) is 3.75. The first-order valence-corrected chi connectivity index (χ1v) is 5.58. The van der Waals surface area contributed by atoms with Crippen LogP contribution in [0.4, 0.5) is 0 Å². The fourth-order valence-electron chi connectivity index (χ4n) is 1.49. The number of methoxy groups -OCH3 is 1. The molecule has 0 radical (unpaired) electrons. The third kappa shape index (κ3) is 2.95. The first-order valence-electron chi connectivity index (χ1n) is 5.58. The topological polar surface area (TPSA) is 70.3 Å². The fourth-order valence-corrected chi connectivity index (χ4v) is 1.49. The first-order chi connectivity index (χ1) is 8.71. The number of aryl methyl sites for hydroxylation is 1. The number of aromatic nitrogens is 2. The van der Waals surface area contributed by atoms with E-state index in [1.807, 2.05) is 24.3 Å². The Hall–Kier alpha value is -2.14. The van der Waals surface area contributed by atoms with E-state index in [4.69, 9.17) is 15.2 Å². The van der Waals surface area contributed by atoms with Crippen molar-refractivity contribution in [2.75, 3.05) is 7.11 Å². The number of nitrogens with two attached hydrogens (primary N) is 1. The van der Waals surface area contributed by atoms with Crippen LogP contribution in [-0.4, -0.2) is 17.1 Å². The molecule has 2 aromatic rings. The summed E-state index contributed by atoms with van der Waals surface area (Å²) < 4.78 is 10.7. The van der Waals surface area contributed by atoms with Crippen molar-refractivity contribution in [2.24, 2.45) is 5.73 Å². The van der Waals surface area contributed by atoms with E-state index in [0.717, 1.165) is 5.56 Å². The van der Waals surface area contributed by atoms with E-state index in [-0.39, 0.29) is 0 Å². The SMILES string of the molecule is COc1cc(Oc2ccc(CN)cc2)nc(C)n1. The average Bonchev–Trinajstić information content (AvgIpc) is 2.39. The number of nitrogens with zero attached hydrogens (tertiary/aromatic N) is 2. The van der Waals surface area contributed by atoms with Gasteiger partial charge >= 0.3 is 0 Å². The van der Waals surface area contributed by atoms with Crippen LogP contribution in [0.1, 0.15) is 11.4 Å². The Bertz CT molecular complexity index is 526. The molecule has 0 saturated heterocycles. The van der Waals surface area contributed by atoms with Gasteiger partial charge in [-0.05, 0) is 24.6 Å². The molecule has 0 amide bonds. The van der Waals surface area contributed by atoms with Crippen molar-refractivity contribution in [3.63, 3.8) is 0 Å². The van der Waals surface area contributed by atoms with Crippen molar-refractivity contribution < 1.29 is 9.47 Å². The molecule has 1 heterocycles. The van der Waals surface area contributed by atoms with Crippen LogP contribution in [-0.2, 0) is 6.54 Å². The Kier molecular flexibility index (Phi) is 3.74. The zero-order chi connectivity index (χ0) is 13.0. The van der Waals surface area contributed by atoms with E-state index in [1.54, 1.807) is 20.1 Å². The number of hydrogen-bond donors (Lipinski definition) is 1. The summed E-state index contributed by atoms with van der Waals surface area (Å²) in [5.74, 6) is 2.24. The second-order valence-corrected chi connectivity index (χ2v) is 3.75. The van der Waals surface area contributed by atoms with Gasteiger partial charge in [-0.15, -0.1) is 0 Å². The zero-order valence-electron chi connectivity index (χ0n) is 10.4. The lowest BCUT2D eigenvalue weighted by molar-refractivity contribution is 0.386. The van der Waals surface area contributed by atoms with Gasteiger partial charge in [0.25, 0.3) is 0 Å². The largest absolute Gasteiger partial charge is 0.481 e. The standard InChI is InChI=1S/C13H15N3O2/c1-9-15-12(17-2)7-13(16-9)18-11-5-3-10(8-14)4-6-11/h3-7H,8,14H2,1-2H3. The van der Waals surface area contributed by atoms with Crippen LogP contribution in [0.5, 0.6) is 17.5 Å². The van der Waals surface area contributed by atoms with E-state index in [1.165, 1.54) is 0 Å². The van der Waals surface area contributed by atoms with Crippen LogP contribution in [0.3, 0.4) is 0 Å². The van der Waals surface area contributed by atoms with Gasteiger partial charge in [-0.2, -0.15) is 9.97 Å². The molecule has 0 bridgehead atoms. The maximum atomic E-state index is 5.63. The minimum atomic E-state index is 0.458. The number of hydrogen-bond acceptors (Lipinski definition) is 5. The summed E-state index contributed by atoms with van der Waals surface area (Å²) in [5.41, 5.74) is 6.59. The molecule has 1 aromatic heterocycles. The Morgan fingerprint density at radius 2 is 1.78 bits per heavy atom. The molecule has 0 aliphatic rings. The average molecular weight is 245 g/mol. The molecule has 5 nitrogen and oxygen atoms in total. The molecule has 0 saturated carbocycles. The highest BCUT2D eigenvalue weighted by molar-refractivity contribution is 5.31. The van der Waals surface area contributed by atoms with Gasteiger partial charge in [0.05, 0.1) is 13.2 Å². The van der Waals surface area contributed by atoms with Gasteiger partial charge in [-0.1, -0.05) is 12.1 Å². The van der Waals surface area contributed by atoms with E-state index in [2.05, 4.69) is 9.97 Å². The van der Waals surface area contributed by atoms with E-state index in [9.17, 15) is 0 Å². The van der Waals surface area contributed by atoms with Gasteiger partial charge in [0.15, 0.2) is 0 Å². The Balaban J connectivity index is 2.19. The van der Waals surface area contributed by atoms with Crippen LogP contribution in [0, 0.1) is 6.92 Å². The first kappa shape index (κ1) is 12.3. The zero-order valence-corrected chi connectivity index (χ0v) is 10.4.